The highest BCUT2D eigenvalue weighted by Crippen LogP contribution is 2.27. The van der Waals surface area contributed by atoms with E-state index in [1.807, 2.05) is 13.0 Å². The number of ether oxygens (including phenoxy) is 1. The molecule has 2 aromatic heterocycles. The van der Waals surface area contributed by atoms with E-state index in [9.17, 15) is 4.79 Å². The normalized spacial score (nSPS) is 10.7. The Morgan fingerprint density at radius 2 is 2.39 bits per heavy atom. The molecule has 18 heavy (non-hydrogen) atoms. The number of aromatic nitrogens is 2. The van der Waals surface area contributed by atoms with Crippen molar-refractivity contribution in [2.75, 3.05) is 25.1 Å². The van der Waals surface area contributed by atoms with Crippen LogP contribution in [0.4, 0.5) is 5.82 Å². The number of hydrogen-bond acceptors (Lipinski definition) is 6. The van der Waals surface area contributed by atoms with Crippen LogP contribution >= 0.6 is 11.3 Å². The summed E-state index contributed by atoms with van der Waals surface area (Å²) in [7, 11) is 0. The number of rotatable bonds is 6. The van der Waals surface area contributed by atoms with Gasteiger partial charge in [0, 0.05) is 11.4 Å². The van der Waals surface area contributed by atoms with Gasteiger partial charge >= 0.3 is 5.97 Å². The van der Waals surface area contributed by atoms with Gasteiger partial charge in [0.05, 0.1) is 12.0 Å². The third-order valence-electron chi connectivity index (χ3n) is 2.22. The number of carbonyl (C=O) groups is 1. The van der Waals surface area contributed by atoms with Crippen molar-refractivity contribution in [1.29, 1.82) is 0 Å². The van der Waals surface area contributed by atoms with Crippen molar-refractivity contribution in [3.05, 3.63) is 17.3 Å². The van der Waals surface area contributed by atoms with E-state index in [0.717, 1.165) is 16.0 Å². The molecule has 0 aromatic carbocycles. The van der Waals surface area contributed by atoms with Gasteiger partial charge in [-0.3, -0.25) is 0 Å². The topological polar surface area (TPSA) is 84.3 Å². The summed E-state index contributed by atoms with van der Waals surface area (Å²) in [6, 6.07) is 2.03. The van der Waals surface area contributed by atoms with E-state index in [-0.39, 0.29) is 6.61 Å². The van der Waals surface area contributed by atoms with Crippen LogP contribution in [0.2, 0.25) is 0 Å². The van der Waals surface area contributed by atoms with Gasteiger partial charge in [-0.1, -0.05) is 0 Å². The van der Waals surface area contributed by atoms with Gasteiger partial charge in [0.15, 0.2) is 0 Å². The van der Waals surface area contributed by atoms with Crippen LogP contribution in [0.3, 0.4) is 0 Å². The fourth-order valence-corrected chi connectivity index (χ4v) is 2.37. The van der Waals surface area contributed by atoms with Gasteiger partial charge < -0.3 is 15.2 Å². The Labute approximate surface area is 108 Å². The average molecular weight is 267 g/mol. The lowest BCUT2D eigenvalue weighted by molar-refractivity contribution is -0.142. The molecule has 2 heterocycles. The van der Waals surface area contributed by atoms with Crippen LogP contribution in [0.5, 0.6) is 0 Å². The standard InChI is InChI=1S/C11H13N3O3S/c1-7-4-8-10(13-6-14-11(8)18-7)12-2-3-17-5-9(15)16/h4,6H,2-3,5H2,1H3,(H,15,16)(H,12,13,14). The van der Waals surface area contributed by atoms with Crippen molar-refractivity contribution in [2.24, 2.45) is 0 Å². The molecular weight excluding hydrogens is 254 g/mol. The molecule has 96 valence electrons. The van der Waals surface area contributed by atoms with E-state index in [1.165, 1.54) is 11.2 Å². The Morgan fingerprint density at radius 1 is 1.56 bits per heavy atom. The molecule has 2 rings (SSSR count). The highest BCUT2D eigenvalue weighted by atomic mass is 32.1. The average Bonchev–Trinajstić information content (AvgIpc) is 2.69. The van der Waals surface area contributed by atoms with Crippen LogP contribution in [-0.4, -0.2) is 40.8 Å². The molecule has 0 aliphatic carbocycles. The Bertz CT molecular complexity index is 555. The number of nitrogens with one attached hydrogen (secondary N) is 1. The molecule has 0 amide bonds. The Balaban J connectivity index is 1.93. The van der Waals surface area contributed by atoms with Gasteiger partial charge in [-0.25, -0.2) is 14.8 Å². The van der Waals surface area contributed by atoms with Gasteiger partial charge in [-0.2, -0.15) is 0 Å². The summed E-state index contributed by atoms with van der Waals surface area (Å²) in [6.07, 6.45) is 1.51. The minimum Gasteiger partial charge on any atom is -0.480 e. The van der Waals surface area contributed by atoms with Crippen LogP contribution in [0.1, 0.15) is 4.88 Å². The summed E-state index contributed by atoms with van der Waals surface area (Å²) in [5.74, 6) is -0.212. The molecule has 0 aliphatic rings. The number of fused-ring (bicyclic) bond motifs is 1. The zero-order chi connectivity index (χ0) is 13.0. The SMILES string of the molecule is Cc1cc2c(NCCOCC(=O)O)ncnc2s1. The largest absolute Gasteiger partial charge is 0.480 e. The van der Waals surface area contributed by atoms with Crippen LogP contribution in [0, 0.1) is 6.92 Å². The first-order valence-electron chi connectivity index (χ1n) is 5.41. The van der Waals surface area contributed by atoms with Crippen LogP contribution < -0.4 is 5.32 Å². The number of carboxylic acid groups (broad SMARTS) is 1. The van der Waals surface area contributed by atoms with Crippen molar-refractivity contribution < 1.29 is 14.6 Å². The number of anilines is 1. The van der Waals surface area contributed by atoms with Gasteiger partial charge in [0.2, 0.25) is 0 Å². The molecule has 2 N–H and O–H groups in total. The summed E-state index contributed by atoms with van der Waals surface area (Å²) in [5, 5.41) is 12.5. The molecule has 0 saturated carbocycles. The lowest BCUT2D eigenvalue weighted by Gasteiger charge is -2.05. The van der Waals surface area contributed by atoms with Gasteiger partial charge in [-0.15, -0.1) is 11.3 Å². The number of carboxylic acids is 1. The first kappa shape index (κ1) is 12.7. The molecule has 0 radical (unpaired) electrons. The Morgan fingerprint density at radius 3 is 3.17 bits per heavy atom. The third kappa shape index (κ3) is 3.14. The summed E-state index contributed by atoms with van der Waals surface area (Å²) in [5.41, 5.74) is 0. The molecule has 0 atom stereocenters. The maximum absolute atomic E-state index is 10.2. The molecule has 0 aliphatic heterocycles. The molecule has 0 bridgehead atoms. The number of hydrogen-bond donors (Lipinski definition) is 2. The summed E-state index contributed by atoms with van der Waals surface area (Å²) >= 11 is 1.61. The van der Waals surface area contributed by atoms with E-state index >= 15 is 0 Å². The molecule has 6 nitrogen and oxygen atoms in total. The van der Waals surface area contributed by atoms with Gasteiger partial charge in [0.25, 0.3) is 0 Å². The second-order valence-corrected chi connectivity index (χ2v) is 4.91. The molecule has 0 spiro atoms. The summed E-state index contributed by atoms with van der Waals surface area (Å²) < 4.78 is 4.93. The molecule has 0 fully saturated rings. The molecular formula is C11H13N3O3S. The molecule has 2 aromatic rings. The number of aryl methyl sites for hydroxylation is 1. The zero-order valence-electron chi connectivity index (χ0n) is 9.84. The van der Waals surface area contributed by atoms with E-state index in [1.54, 1.807) is 11.3 Å². The van der Waals surface area contributed by atoms with Crippen molar-refractivity contribution in [2.45, 2.75) is 6.92 Å². The zero-order valence-corrected chi connectivity index (χ0v) is 10.7. The highest BCUT2D eigenvalue weighted by Gasteiger charge is 2.06. The summed E-state index contributed by atoms with van der Waals surface area (Å²) in [4.78, 5) is 20.7. The van der Waals surface area contributed by atoms with Crippen LogP contribution in [0.25, 0.3) is 10.2 Å². The van der Waals surface area contributed by atoms with E-state index in [0.29, 0.717) is 13.2 Å². The Hall–Kier alpha value is -1.73. The van der Waals surface area contributed by atoms with Crippen molar-refractivity contribution >= 4 is 33.3 Å². The second-order valence-electron chi connectivity index (χ2n) is 3.67. The smallest absolute Gasteiger partial charge is 0.329 e. The fourth-order valence-electron chi connectivity index (χ4n) is 1.52. The highest BCUT2D eigenvalue weighted by molar-refractivity contribution is 7.18. The minimum absolute atomic E-state index is 0.279. The van der Waals surface area contributed by atoms with E-state index in [4.69, 9.17) is 9.84 Å². The van der Waals surface area contributed by atoms with Crippen LogP contribution in [-0.2, 0) is 9.53 Å². The maximum atomic E-state index is 10.2. The second kappa shape index (κ2) is 5.74. The Kier molecular flexibility index (Phi) is 4.06. The van der Waals surface area contributed by atoms with Crippen LogP contribution in [0.15, 0.2) is 12.4 Å². The first-order valence-corrected chi connectivity index (χ1v) is 6.23. The monoisotopic (exact) mass is 267 g/mol. The fraction of sp³-hybridized carbons (Fsp3) is 0.364. The molecule has 0 unspecified atom stereocenters. The lowest BCUT2D eigenvalue weighted by Crippen LogP contribution is -2.14. The number of nitrogens with zero attached hydrogens (tertiary/aromatic N) is 2. The summed E-state index contributed by atoms with van der Waals surface area (Å²) in [6.45, 7) is 2.57. The minimum atomic E-state index is -0.965. The van der Waals surface area contributed by atoms with Gasteiger partial charge in [0.1, 0.15) is 23.6 Å². The van der Waals surface area contributed by atoms with Crippen molar-refractivity contribution in [3.63, 3.8) is 0 Å². The maximum Gasteiger partial charge on any atom is 0.329 e. The predicted octanol–water partition coefficient (Wildman–Crippen LogP) is 1.51. The van der Waals surface area contributed by atoms with Crippen molar-refractivity contribution in [3.8, 4) is 0 Å². The van der Waals surface area contributed by atoms with Gasteiger partial charge in [-0.05, 0) is 13.0 Å². The first-order chi connectivity index (χ1) is 8.66. The lowest BCUT2D eigenvalue weighted by atomic mass is 10.3. The molecule has 7 heteroatoms. The quantitative estimate of drug-likeness (QED) is 0.772. The third-order valence-corrected chi connectivity index (χ3v) is 3.18. The number of thiophene rings is 1. The van der Waals surface area contributed by atoms with E-state index < -0.39 is 5.97 Å². The van der Waals surface area contributed by atoms with E-state index in [2.05, 4.69) is 15.3 Å². The predicted molar refractivity (Wildman–Crippen MR) is 69.1 cm³/mol. The molecule has 0 saturated heterocycles. The van der Waals surface area contributed by atoms with Crippen molar-refractivity contribution in [1.82, 2.24) is 9.97 Å². The number of aliphatic carboxylic acids is 1.